The number of urea groups is 1. The SMILES string of the molecule is CNC(=O)NC1CCCC(C(=O)O)C1. The van der Waals surface area contributed by atoms with Crippen LogP contribution in [0.15, 0.2) is 0 Å². The highest BCUT2D eigenvalue weighted by atomic mass is 16.4. The summed E-state index contributed by atoms with van der Waals surface area (Å²) in [6.07, 6.45) is 3.01. The van der Waals surface area contributed by atoms with E-state index in [1.165, 1.54) is 0 Å². The first-order valence-electron chi connectivity index (χ1n) is 4.84. The number of hydrogen-bond donors (Lipinski definition) is 3. The molecule has 1 aliphatic carbocycles. The van der Waals surface area contributed by atoms with Crippen LogP contribution in [0.1, 0.15) is 25.7 Å². The summed E-state index contributed by atoms with van der Waals surface area (Å²) >= 11 is 0. The summed E-state index contributed by atoms with van der Waals surface area (Å²) in [6.45, 7) is 0. The predicted molar refractivity (Wildman–Crippen MR) is 51.0 cm³/mol. The zero-order valence-corrected chi connectivity index (χ0v) is 8.25. The van der Waals surface area contributed by atoms with E-state index in [1.54, 1.807) is 7.05 Å². The fourth-order valence-corrected chi connectivity index (χ4v) is 1.80. The van der Waals surface area contributed by atoms with E-state index in [4.69, 9.17) is 5.11 Å². The van der Waals surface area contributed by atoms with Gasteiger partial charge < -0.3 is 15.7 Å². The highest BCUT2D eigenvalue weighted by Gasteiger charge is 2.27. The molecule has 3 N–H and O–H groups in total. The summed E-state index contributed by atoms with van der Waals surface area (Å²) in [6, 6.07) is -0.231. The predicted octanol–water partition coefficient (Wildman–Crippen LogP) is 0.559. The molecule has 1 aliphatic rings. The van der Waals surface area contributed by atoms with Gasteiger partial charge in [-0.1, -0.05) is 6.42 Å². The third-order valence-corrected chi connectivity index (χ3v) is 2.59. The largest absolute Gasteiger partial charge is 0.481 e. The third-order valence-electron chi connectivity index (χ3n) is 2.59. The molecule has 14 heavy (non-hydrogen) atoms. The maximum atomic E-state index is 11.0. The lowest BCUT2D eigenvalue weighted by Gasteiger charge is -2.27. The van der Waals surface area contributed by atoms with Gasteiger partial charge in [0.2, 0.25) is 0 Å². The average molecular weight is 200 g/mol. The lowest BCUT2D eigenvalue weighted by molar-refractivity contribution is -0.143. The van der Waals surface area contributed by atoms with Gasteiger partial charge in [0.1, 0.15) is 0 Å². The van der Waals surface area contributed by atoms with Crippen molar-refractivity contribution in [2.45, 2.75) is 31.7 Å². The van der Waals surface area contributed by atoms with Crippen LogP contribution in [0.4, 0.5) is 4.79 Å². The second-order valence-corrected chi connectivity index (χ2v) is 3.62. The summed E-state index contributed by atoms with van der Waals surface area (Å²) in [4.78, 5) is 21.7. The smallest absolute Gasteiger partial charge is 0.314 e. The van der Waals surface area contributed by atoms with E-state index in [9.17, 15) is 9.59 Å². The van der Waals surface area contributed by atoms with Crippen molar-refractivity contribution < 1.29 is 14.7 Å². The lowest BCUT2D eigenvalue weighted by atomic mass is 9.86. The molecule has 0 aliphatic heterocycles. The Morgan fingerprint density at radius 2 is 2.07 bits per heavy atom. The monoisotopic (exact) mass is 200 g/mol. The molecule has 0 saturated heterocycles. The zero-order valence-electron chi connectivity index (χ0n) is 8.25. The molecule has 0 aromatic carbocycles. The molecule has 5 nitrogen and oxygen atoms in total. The Morgan fingerprint density at radius 1 is 1.36 bits per heavy atom. The number of nitrogens with one attached hydrogen (secondary N) is 2. The summed E-state index contributed by atoms with van der Waals surface area (Å²) in [5, 5.41) is 14.0. The van der Waals surface area contributed by atoms with Crippen LogP contribution in [0.25, 0.3) is 0 Å². The van der Waals surface area contributed by atoms with E-state index in [-0.39, 0.29) is 18.0 Å². The van der Waals surface area contributed by atoms with E-state index in [0.717, 1.165) is 19.3 Å². The van der Waals surface area contributed by atoms with Crippen molar-refractivity contribution in [1.82, 2.24) is 10.6 Å². The van der Waals surface area contributed by atoms with Gasteiger partial charge in [0.05, 0.1) is 5.92 Å². The van der Waals surface area contributed by atoms with Gasteiger partial charge in [0.15, 0.2) is 0 Å². The molecule has 2 amide bonds. The van der Waals surface area contributed by atoms with Crippen LogP contribution in [0.2, 0.25) is 0 Å². The Morgan fingerprint density at radius 3 is 2.64 bits per heavy atom. The molecule has 1 fully saturated rings. The molecule has 80 valence electrons. The Bertz CT molecular complexity index is 230. The number of rotatable bonds is 2. The molecule has 5 heteroatoms. The second kappa shape index (κ2) is 4.83. The van der Waals surface area contributed by atoms with Crippen molar-refractivity contribution in [3.8, 4) is 0 Å². The van der Waals surface area contributed by atoms with Gasteiger partial charge in [0, 0.05) is 13.1 Å². The number of amides is 2. The Labute approximate surface area is 82.9 Å². The summed E-state index contributed by atoms with van der Waals surface area (Å²) in [5.74, 6) is -1.06. The maximum absolute atomic E-state index is 11.0. The van der Waals surface area contributed by atoms with Crippen molar-refractivity contribution in [2.75, 3.05) is 7.05 Å². The zero-order chi connectivity index (χ0) is 10.6. The summed E-state index contributed by atoms with van der Waals surface area (Å²) < 4.78 is 0. The van der Waals surface area contributed by atoms with Crippen molar-refractivity contribution in [3.05, 3.63) is 0 Å². The van der Waals surface area contributed by atoms with Crippen LogP contribution >= 0.6 is 0 Å². The third kappa shape index (κ3) is 2.90. The minimum absolute atomic E-state index is 0.00444. The van der Waals surface area contributed by atoms with Gasteiger partial charge in [-0.25, -0.2) is 4.79 Å². The molecular formula is C9H16N2O3. The summed E-state index contributed by atoms with van der Waals surface area (Å²) in [5.41, 5.74) is 0. The Kier molecular flexibility index (Phi) is 3.73. The van der Waals surface area contributed by atoms with Crippen LogP contribution in [-0.4, -0.2) is 30.2 Å². The van der Waals surface area contributed by atoms with Gasteiger partial charge in [-0.3, -0.25) is 4.79 Å². The minimum Gasteiger partial charge on any atom is -0.481 e. The molecule has 0 spiro atoms. The molecule has 0 aromatic heterocycles. The normalized spacial score (nSPS) is 26.6. The fraction of sp³-hybridized carbons (Fsp3) is 0.778. The number of aliphatic carboxylic acids is 1. The van der Waals surface area contributed by atoms with Gasteiger partial charge in [-0.2, -0.15) is 0 Å². The molecule has 2 atom stereocenters. The van der Waals surface area contributed by atoms with Gasteiger partial charge in [0.25, 0.3) is 0 Å². The van der Waals surface area contributed by atoms with Gasteiger partial charge in [-0.05, 0) is 19.3 Å². The number of carboxylic acids is 1. The molecule has 1 saturated carbocycles. The van der Waals surface area contributed by atoms with Crippen molar-refractivity contribution in [1.29, 1.82) is 0 Å². The van der Waals surface area contributed by atoms with Crippen molar-refractivity contribution in [3.63, 3.8) is 0 Å². The van der Waals surface area contributed by atoms with Crippen LogP contribution < -0.4 is 10.6 Å². The molecular weight excluding hydrogens is 184 g/mol. The molecule has 0 heterocycles. The van der Waals surface area contributed by atoms with Crippen LogP contribution in [0.5, 0.6) is 0 Å². The van der Waals surface area contributed by atoms with E-state index in [1.807, 2.05) is 0 Å². The fourth-order valence-electron chi connectivity index (χ4n) is 1.80. The molecule has 0 aromatic rings. The quantitative estimate of drug-likeness (QED) is 0.609. The standard InChI is InChI=1S/C9H16N2O3/c1-10-9(14)11-7-4-2-3-6(5-7)8(12)13/h6-7H,2-5H2,1H3,(H,12,13)(H2,10,11,14). The molecule has 1 rings (SSSR count). The van der Waals surface area contributed by atoms with Gasteiger partial charge in [-0.15, -0.1) is 0 Å². The molecule has 0 bridgehead atoms. The van der Waals surface area contributed by atoms with Crippen LogP contribution in [0.3, 0.4) is 0 Å². The lowest BCUT2D eigenvalue weighted by Crippen LogP contribution is -2.43. The first-order chi connectivity index (χ1) is 6.63. The number of carbonyl (C=O) groups excluding carboxylic acids is 1. The topological polar surface area (TPSA) is 78.4 Å². The van der Waals surface area contributed by atoms with Gasteiger partial charge >= 0.3 is 12.0 Å². The maximum Gasteiger partial charge on any atom is 0.314 e. The van der Waals surface area contributed by atoms with E-state index < -0.39 is 5.97 Å². The molecule has 0 radical (unpaired) electrons. The van der Waals surface area contributed by atoms with E-state index in [0.29, 0.717) is 6.42 Å². The Hall–Kier alpha value is -1.26. The van der Waals surface area contributed by atoms with Crippen molar-refractivity contribution in [2.24, 2.45) is 5.92 Å². The highest BCUT2D eigenvalue weighted by Crippen LogP contribution is 2.24. The Balaban J connectivity index is 2.40. The first kappa shape index (κ1) is 10.8. The number of carbonyl (C=O) groups is 2. The number of hydrogen-bond acceptors (Lipinski definition) is 2. The van der Waals surface area contributed by atoms with E-state index >= 15 is 0 Å². The van der Waals surface area contributed by atoms with Crippen molar-refractivity contribution >= 4 is 12.0 Å². The average Bonchev–Trinajstić information content (AvgIpc) is 2.18. The minimum atomic E-state index is -0.756. The number of carboxylic acid groups (broad SMARTS) is 1. The first-order valence-corrected chi connectivity index (χ1v) is 4.84. The van der Waals surface area contributed by atoms with E-state index in [2.05, 4.69) is 10.6 Å². The van der Waals surface area contributed by atoms with Crippen LogP contribution in [0, 0.1) is 5.92 Å². The highest BCUT2D eigenvalue weighted by molar-refractivity contribution is 5.74. The second-order valence-electron chi connectivity index (χ2n) is 3.62. The molecule has 2 unspecified atom stereocenters. The summed E-state index contributed by atoms with van der Waals surface area (Å²) in [7, 11) is 1.55. The van der Waals surface area contributed by atoms with Crippen LogP contribution in [-0.2, 0) is 4.79 Å².